The van der Waals surface area contributed by atoms with E-state index in [0.29, 0.717) is 5.13 Å². The summed E-state index contributed by atoms with van der Waals surface area (Å²) >= 11 is 3.29. The number of aryl methyl sites for hydroxylation is 2. The largest absolute Gasteiger partial charge is 0.375 e. The van der Waals surface area contributed by atoms with Gasteiger partial charge < -0.3 is 5.73 Å². The highest BCUT2D eigenvalue weighted by Gasteiger charge is 2.07. The monoisotopic (exact) mass is 251 g/mol. The Morgan fingerprint density at radius 2 is 2.25 bits per heavy atom. The van der Waals surface area contributed by atoms with Crippen LogP contribution >= 0.6 is 23.1 Å². The summed E-state index contributed by atoms with van der Waals surface area (Å²) in [6.45, 7) is 4.07. The van der Waals surface area contributed by atoms with E-state index in [1.54, 1.807) is 23.1 Å². The van der Waals surface area contributed by atoms with Gasteiger partial charge in [0.1, 0.15) is 0 Å². The number of pyridine rings is 1. The molecular formula is C11H13N3S2. The molecular weight excluding hydrogens is 238 g/mol. The van der Waals surface area contributed by atoms with Gasteiger partial charge in [-0.05, 0) is 25.5 Å². The molecule has 2 aromatic heterocycles. The number of thioether (sulfide) groups is 1. The lowest BCUT2D eigenvalue weighted by molar-refractivity contribution is 1.13. The Kier molecular flexibility index (Phi) is 3.46. The zero-order chi connectivity index (χ0) is 11.5. The van der Waals surface area contributed by atoms with E-state index in [1.165, 1.54) is 9.77 Å². The first-order chi connectivity index (χ1) is 7.66. The van der Waals surface area contributed by atoms with E-state index in [4.69, 9.17) is 5.73 Å². The fourth-order valence-electron chi connectivity index (χ4n) is 1.34. The van der Waals surface area contributed by atoms with Crippen LogP contribution in [-0.2, 0) is 5.75 Å². The molecule has 2 aromatic rings. The summed E-state index contributed by atoms with van der Waals surface area (Å²) in [6, 6.07) is 4.04. The molecule has 84 valence electrons. The van der Waals surface area contributed by atoms with Gasteiger partial charge in [-0.3, -0.25) is 4.98 Å². The molecule has 0 spiro atoms. The number of hydrogen-bond acceptors (Lipinski definition) is 5. The van der Waals surface area contributed by atoms with Crippen LogP contribution in [0.15, 0.2) is 22.5 Å². The molecule has 0 amide bonds. The number of nitrogen functional groups attached to an aromatic ring is 1. The zero-order valence-electron chi connectivity index (χ0n) is 9.23. The zero-order valence-corrected chi connectivity index (χ0v) is 10.9. The van der Waals surface area contributed by atoms with Gasteiger partial charge in [0.25, 0.3) is 0 Å². The predicted octanol–water partition coefficient (Wildman–Crippen LogP) is 3.03. The van der Waals surface area contributed by atoms with Crippen molar-refractivity contribution in [2.24, 2.45) is 0 Å². The van der Waals surface area contributed by atoms with Crippen molar-refractivity contribution in [3.63, 3.8) is 0 Å². The highest BCUT2D eigenvalue weighted by Crippen LogP contribution is 2.32. The van der Waals surface area contributed by atoms with E-state index in [1.807, 2.05) is 19.2 Å². The van der Waals surface area contributed by atoms with Crippen molar-refractivity contribution < 1.29 is 0 Å². The Morgan fingerprint density at radius 3 is 2.88 bits per heavy atom. The lowest BCUT2D eigenvalue weighted by atomic mass is 10.2. The van der Waals surface area contributed by atoms with Crippen LogP contribution in [0.4, 0.5) is 5.13 Å². The van der Waals surface area contributed by atoms with Crippen LogP contribution in [0.5, 0.6) is 0 Å². The van der Waals surface area contributed by atoms with Crippen LogP contribution in [0.25, 0.3) is 0 Å². The lowest BCUT2D eigenvalue weighted by Crippen LogP contribution is -1.90. The summed E-state index contributed by atoms with van der Waals surface area (Å²) in [6.07, 6.45) is 1.83. The van der Waals surface area contributed by atoms with Crippen molar-refractivity contribution >= 4 is 28.2 Å². The Morgan fingerprint density at radius 1 is 1.44 bits per heavy atom. The van der Waals surface area contributed by atoms with Crippen LogP contribution in [-0.4, -0.2) is 9.97 Å². The second-order valence-corrected chi connectivity index (χ2v) is 5.76. The van der Waals surface area contributed by atoms with Crippen molar-refractivity contribution in [1.29, 1.82) is 0 Å². The highest BCUT2D eigenvalue weighted by molar-refractivity contribution is 8.00. The van der Waals surface area contributed by atoms with E-state index < -0.39 is 0 Å². The van der Waals surface area contributed by atoms with E-state index in [2.05, 4.69) is 23.0 Å². The Hall–Kier alpha value is -1.07. The summed E-state index contributed by atoms with van der Waals surface area (Å²) in [7, 11) is 0. The molecule has 2 N–H and O–H groups in total. The number of anilines is 1. The van der Waals surface area contributed by atoms with E-state index >= 15 is 0 Å². The number of nitrogens with zero attached hydrogens (tertiary/aromatic N) is 2. The third-order valence-corrected chi connectivity index (χ3v) is 4.59. The second kappa shape index (κ2) is 4.84. The molecule has 0 atom stereocenters. The van der Waals surface area contributed by atoms with Crippen molar-refractivity contribution in [1.82, 2.24) is 9.97 Å². The van der Waals surface area contributed by atoms with Gasteiger partial charge in [-0.1, -0.05) is 17.4 Å². The molecule has 2 heterocycles. The molecule has 0 saturated heterocycles. The lowest BCUT2D eigenvalue weighted by Gasteiger charge is -2.02. The van der Waals surface area contributed by atoms with Gasteiger partial charge in [-0.2, -0.15) is 0 Å². The smallest absolute Gasteiger partial charge is 0.181 e. The van der Waals surface area contributed by atoms with Crippen LogP contribution in [0.2, 0.25) is 0 Å². The van der Waals surface area contributed by atoms with Crippen molar-refractivity contribution in [3.8, 4) is 0 Å². The van der Waals surface area contributed by atoms with Gasteiger partial charge in [0.2, 0.25) is 0 Å². The Balaban J connectivity index is 2.08. The number of nitrogens with two attached hydrogens (primary N) is 1. The number of hydrogen-bond donors (Lipinski definition) is 1. The van der Waals surface area contributed by atoms with Gasteiger partial charge in [0.05, 0.1) is 15.6 Å². The number of thiazole rings is 1. The highest BCUT2D eigenvalue weighted by atomic mass is 32.2. The molecule has 0 aliphatic carbocycles. The molecule has 0 radical (unpaired) electrons. The van der Waals surface area contributed by atoms with Gasteiger partial charge >= 0.3 is 0 Å². The van der Waals surface area contributed by atoms with Crippen LogP contribution < -0.4 is 5.73 Å². The molecule has 2 rings (SSSR count). The average Bonchev–Trinajstić information content (AvgIpc) is 2.56. The molecule has 0 aliphatic rings. The summed E-state index contributed by atoms with van der Waals surface area (Å²) in [5, 5.41) is 0.637. The second-order valence-electron chi connectivity index (χ2n) is 3.48. The fraction of sp³-hybridized carbons (Fsp3) is 0.273. The molecule has 0 saturated carbocycles. The van der Waals surface area contributed by atoms with Crippen LogP contribution in [0.1, 0.15) is 17.0 Å². The first kappa shape index (κ1) is 11.4. The molecule has 0 aliphatic heterocycles. The first-order valence-corrected chi connectivity index (χ1v) is 6.73. The summed E-state index contributed by atoms with van der Waals surface area (Å²) in [5.41, 5.74) is 9.02. The van der Waals surface area contributed by atoms with Gasteiger partial charge in [-0.25, -0.2) is 4.98 Å². The third kappa shape index (κ3) is 2.54. The molecule has 3 nitrogen and oxygen atoms in total. The SMILES string of the molecule is Cc1cccnc1CSc1sc(N)nc1C. The summed E-state index contributed by atoms with van der Waals surface area (Å²) < 4.78 is 1.18. The third-order valence-electron chi connectivity index (χ3n) is 2.23. The summed E-state index contributed by atoms with van der Waals surface area (Å²) in [5.74, 6) is 0.870. The van der Waals surface area contributed by atoms with E-state index in [9.17, 15) is 0 Å². The minimum Gasteiger partial charge on any atom is -0.375 e. The Labute approximate surface area is 103 Å². The number of rotatable bonds is 3. The van der Waals surface area contributed by atoms with E-state index in [-0.39, 0.29) is 0 Å². The first-order valence-electron chi connectivity index (χ1n) is 4.93. The maximum atomic E-state index is 5.66. The maximum absolute atomic E-state index is 5.66. The van der Waals surface area contributed by atoms with Crippen LogP contribution in [0.3, 0.4) is 0 Å². The normalized spacial score (nSPS) is 10.6. The molecule has 16 heavy (non-hydrogen) atoms. The molecule has 0 aromatic carbocycles. The minimum absolute atomic E-state index is 0.637. The van der Waals surface area contributed by atoms with Crippen molar-refractivity contribution in [2.75, 3.05) is 5.73 Å². The molecule has 0 unspecified atom stereocenters. The maximum Gasteiger partial charge on any atom is 0.181 e. The average molecular weight is 251 g/mol. The summed E-state index contributed by atoms with van der Waals surface area (Å²) in [4.78, 5) is 8.56. The van der Waals surface area contributed by atoms with Crippen LogP contribution in [0, 0.1) is 13.8 Å². The predicted molar refractivity (Wildman–Crippen MR) is 69.8 cm³/mol. The minimum atomic E-state index is 0.637. The topological polar surface area (TPSA) is 51.8 Å². The van der Waals surface area contributed by atoms with Crippen molar-refractivity contribution in [2.45, 2.75) is 23.8 Å². The molecule has 0 fully saturated rings. The quantitative estimate of drug-likeness (QED) is 0.852. The fourth-order valence-corrected chi connectivity index (χ4v) is 3.40. The molecule has 0 bridgehead atoms. The van der Waals surface area contributed by atoms with Gasteiger partial charge in [0, 0.05) is 11.9 Å². The van der Waals surface area contributed by atoms with Gasteiger partial charge in [0.15, 0.2) is 5.13 Å². The number of aromatic nitrogens is 2. The standard InChI is InChI=1S/C11H13N3S2/c1-7-4-3-5-13-9(7)6-15-10-8(2)14-11(12)16-10/h3-5H,6H2,1-2H3,(H2,12,14). The van der Waals surface area contributed by atoms with Gasteiger partial charge in [-0.15, -0.1) is 11.8 Å². The van der Waals surface area contributed by atoms with Crippen molar-refractivity contribution in [3.05, 3.63) is 35.3 Å². The Bertz CT molecular complexity index is 494. The molecule has 5 heteroatoms. The van der Waals surface area contributed by atoms with E-state index in [0.717, 1.165) is 17.1 Å².